The lowest BCUT2D eigenvalue weighted by molar-refractivity contribution is 0.437. The molecule has 2 aromatic rings. The predicted octanol–water partition coefficient (Wildman–Crippen LogP) is 7.39. The van der Waals surface area contributed by atoms with Gasteiger partial charge in [0.05, 0.1) is 0 Å². The second kappa shape index (κ2) is 15.2. The molecular weight excluding hydrogens is 300 g/mol. The molecule has 0 aliphatic heterocycles. The number of unbranched alkanes of at least 4 members (excludes halogenated alkanes) is 8. The third kappa shape index (κ3) is 11.3. The van der Waals surface area contributed by atoms with Crippen molar-refractivity contribution >= 4 is 11.4 Å². The average Bonchev–Trinajstić information content (AvgIpc) is 3.05. The van der Waals surface area contributed by atoms with Gasteiger partial charge in [-0.2, -0.15) is 9.97 Å². The van der Waals surface area contributed by atoms with Gasteiger partial charge in [-0.25, -0.2) is 0 Å². The van der Waals surface area contributed by atoms with Crippen LogP contribution in [0.5, 0.6) is 0 Å². The van der Waals surface area contributed by atoms with E-state index in [9.17, 15) is 0 Å². The van der Waals surface area contributed by atoms with Crippen LogP contribution in [0.4, 0.5) is 0 Å². The summed E-state index contributed by atoms with van der Waals surface area (Å²) in [5.74, 6) is 1.58. The molecule has 0 N–H and O–H groups in total. The first-order valence-electron chi connectivity index (χ1n) is 9.79. The molecule has 2 heterocycles. The molecule has 4 nitrogen and oxygen atoms in total. The molecule has 0 saturated heterocycles. The van der Waals surface area contributed by atoms with Crippen molar-refractivity contribution in [3.8, 4) is 0 Å². The minimum absolute atomic E-state index is 0.412. The van der Waals surface area contributed by atoms with Gasteiger partial charge >= 0.3 is 5.78 Å². The van der Waals surface area contributed by atoms with Crippen molar-refractivity contribution in [3.05, 3.63) is 11.8 Å². The zero-order chi connectivity index (χ0) is 18.2. The lowest BCUT2D eigenvalue weighted by Crippen LogP contribution is -1.71. The van der Waals surface area contributed by atoms with Crippen molar-refractivity contribution in [2.45, 2.75) is 106 Å². The second-order valence-corrected chi connectivity index (χ2v) is 6.20. The summed E-state index contributed by atoms with van der Waals surface area (Å²) in [5, 5.41) is 0. The van der Waals surface area contributed by atoms with Gasteiger partial charge in [-0.3, -0.25) is 0 Å². The number of fused-ring (bicyclic) bond motifs is 1. The van der Waals surface area contributed by atoms with Crippen LogP contribution in [0.3, 0.4) is 0 Å². The molecule has 0 amide bonds. The van der Waals surface area contributed by atoms with Crippen molar-refractivity contribution in [3.63, 3.8) is 0 Å². The van der Waals surface area contributed by atoms with Gasteiger partial charge in [-0.1, -0.05) is 91.9 Å². The Morgan fingerprint density at radius 3 is 1.17 bits per heavy atom. The van der Waals surface area contributed by atoms with Crippen molar-refractivity contribution in [1.82, 2.24) is 9.97 Å². The van der Waals surface area contributed by atoms with E-state index in [4.69, 9.17) is 8.83 Å². The van der Waals surface area contributed by atoms with Crippen molar-refractivity contribution in [1.29, 1.82) is 0 Å². The number of nitrogens with zero attached hydrogens (tertiary/aromatic N) is 2. The number of aromatic nitrogens is 2. The molecule has 2 rings (SSSR count). The molecular formula is C20H38N2O2. The third-order valence-corrected chi connectivity index (χ3v) is 3.60. The highest BCUT2D eigenvalue weighted by Gasteiger charge is 2.07. The van der Waals surface area contributed by atoms with Crippen LogP contribution in [0, 0.1) is 13.8 Å². The van der Waals surface area contributed by atoms with Gasteiger partial charge < -0.3 is 8.83 Å². The molecule has 0 aromatic carbocycles. The molecule has 0 aliphatic carbocycles. The fourth-order valence-corrected chi connectivity index (χ4v) is 2.19. The second-order valence-electron chi connectivity index (χ2n) is 6.20. The van der Waals surface area contributed by atoms with E-state index in [1.165, 1.54) is 64.2 Å². The number of hydrogen-bond donors (Lipinski definition) is 0. The molecule has 0 atom stereocenters. The van der Waals surface area contributed by atoms with E-state index < -0.39 is 0 Å². The SMILES string of the molecule is CCCCCCC.CCCCCCC.Cc1nc2nc(C)oc2o1. The van der Waals surface area contributed by atoms with E-state index in [1.807, 2.05) is 0 Å². The molecule has 0 aliphatic rings. The van der Waals surface area contributed by atoms with E-state index in [0.717, 1.165) is 0 Å². The highest BCUT2D eigenvalue weighted by atomic mass is 16.5. The van der Waals surface area contributed by atoms with Gasteiger partial charge in [-0.15, -0.1) is 0 Å². The topological polar surface area (TPSA) is 52.1 Å². The maximum atomic E-state index is 5.05. The zero-order valence-corrected chi connectivity index (χ0v) is 16.8. The Kier molecular flexibility index (Phi) is 14.4. The Hall–Kier alpha value is -1.32. The molecule has 0 fully saturated rings. The minimum Gasteiger partial charge on any atom is -0.408 e. The van der Waals surface area contributed by atoms with Crippen molar-refractivity contribution in [2.75, 3.05) is 0 Å². The lowest BCUT2D eigenvalue weighted by atomic mass is 10.2. The molecule has 0 bridgehead atoms. The van der Waals surface area contributed by atoms with Crippen LogP contribution in [0.25, 0.3) is 11.4 Å². The van der Waals surface area contributed by atoms with Crippen molar-refractivity contribution < 1.29 is 8.83 Å². The summed E-state index contributed by atoms with van der Waals surface area (Å²) in [7, 11) is 0. The summed E-state index contributed by atoms with van der Waals surface area (Å²) in [6.07, 6.45) is 14.0. The molecule has 0 spiro atoms. The molecule has 0 unspecified atom stereocenters. The molecule has 0 saturated carbocycles. The Bertz CT molecular complexity index is 422. The first-order valence-corrected chi connectivity index (χ1v) is 9.79. The maximum absolute atomic E-state index is 5.05. The third-order valence-electron chi connectivity index (χ3n) is 3.60. The average molecular weight is 339 g/mol. The summed E-state index contributed by atoms with van der Waals surface area (Å²) in [5.41, 5.74) is 0.551. The predicted molar refractivity (Wildman–Crippen MR) is 102 cm³/mol. The number of aryl methyl sites for hydroxylation is 2. The van der Waals surface area contributed by atoms with E-state index in [0.29, 0.717) is 23.2 Å². The Morgan fingerprint density at radius 2 is 0.917 bits per heavy atom. The summed E-state index contributed by atoms with van der Waals surface area (Å²) < 4.78 is 10.1. The van der Waals surface area contributed by atoms with E-state index >= 15 is 0 Å². The first-order chi connectivity index (χ1) is 11.6. The molecule has 0 radical (unpaired) electrons. The number of hydrogen-bond acceptors (Lipinski definition) is 4. The summed E-state index contributed by atoms with van der Waals surface area (Å²) >= 11 is 0. The van der Waals surface area contributed by atoms with Crippen LogP contribution in [-0.4, -0.2) is 9.97 Å². The van der Waals surface area contributed by atoms with Crippen LogP contribution in [0.1, 0.15) is 104 Å². The first kappa shape index (κ1) is 22.7. The lowest BCUT2D eigenvalue weighted by Gasteiger charge is -1.90. The van der Waals surface area contributed by atoms with Crippen LogP contribution < -0.4 is 0 Å². The normalized spacial score (nSPS) is 10.1. The zero-order valence-electron chi connectivity index (χ0n) is 16.8. The molecule has 140 valence electrons. The smallest absolute Gasteiger partial charge is 0.339 e. The number of rotatable bonds is 8. The van der Waals surface area contributed by atoms with Gasteiger partial charge in [0.15, 0.2) is 11.8 Å². The number of oxazole rings is 2. The van der Waals surface area contributed by atoms with Gasteiger partial charge in [0, 0.05) is 13.8 Å². The highest BCUT2D eigenvalue weighted by molar-refractivity contribution is 5.60. The Balaban J connectivity index is 0.000000343. The fraction of sp³-hybridized carbons (Fsp3) is 0.800. The monoisotopic (exact) mass is 338 g/mol. The Morgan fingerprint density at radius 1 is 0.583 bits per heavy atom. The molecule has 2 aromatic heterocycles. The maximum Gasteiger partial charge on any atom is 0.339 e. The van der Waals surface area contributed by atoms with Crippen LogP contribution in [0.2, 0.25) is 0 Å². The standard InChI is InChI=1S/2C7H16.C6H6N2O2/c2*1-3-5-7-6-4-2;1-3-7-5-6(9-3)10-4(2)8-5/h2*3-7H2,1-2H3;1-2H3. The summed E-state index contributed by atoms with van der Waals surface area (Å²) in [4.78, 5) is 7.92. The largest absolute Gasteiger partial charge is 0.408 e. The van der Waals surface area contributed by atoms with E-state index in [-0.39, 0.29) is 0 Å². The van der Waals surface area contributed by atoms with E-state index in [2.05, 4.69) is 37.7 Å². The highest BCUT2D eigenvalue weighted by Crippen LogP contribution is 2.14. The van der Waals surface area contributed by atoms with Crippen LogP contribution in [0.15, 0.2) is 8.83 Å². The van der Waals surface area contributed by atoms with Crippen molar-refractivity contribution in [2.24, 2.45) is 0 Å². The Labute approximate surface area is 148 Å². The quantitative estimate of drug-likeness (QED) is 0.471. The van der Waals surface area contributed by atoms with Gasteiger partial charge in [0.25, 0.3) is 0 Å². The molecule has 4 heteroatoms. The van der Waals surface area contributed by atoms with E-state index in [1.54, 1.807) is 13.8 Å². The minimum atomic E-state index is 0.412. The van der Waals surface area contributed by atoms with Gasteiger partial charge in [0.1, 0.15) is 0 Å². The van der Waals surface area contributed by atoms with Crippen LogP contribution in [-0.2, 0) is 0 Å². The molecule has 24 heavy (non-hydrogen) atoms. The summed E-state index contributed by atoms with van der Waals surface area (Å²) in [6.45, 7) is 12.5. The van der Waals surface area contributed by atoms with Gasteiger partial charge in [-0.05, 0) is 0 Å². The fourth-order valence-electron chi connectivity index (χ4n) is 2.19. The van der Waals surface area contributed by atoms with Crippen LogP contribution >= 0.6 is 0 Å². The summed E-state index contributed by atoms with van der Waals surface area (Å²) in [6, 6.07) is 0. The van der Waals surface area contributed by atoms with Gasteiger partial charge in [0.2, 0.25) is 5.65 Å².